The highest BCUT2D eigenvalue weighted by molar-refractivity contribution is 14.1. The van der Waals surface area contributed by atoms with Gasteiger partial charge in [0.15, 0.2) is 0 Å². The maximum atomic E-state index is 11.3. The quantitative estimate of drug-likeness (QED) is 0.615. The summed E-state index contributed by atoms with van der Waals surface area (Å²) in [5.74, 6) is 0.488. The number of nitrogens with one attached hydrogen (secondary N) is 1. The molecule has 0 unspecified atom stereocenters. The highest BCUT2D eigenvalue weighted by Crippen LogP contribution is 2.14. The summed E-state index contributed by atoms with van der Waals surface area (Å²) in [4.78, 5) is 19.4. The van der Waals surface area contributed by atoms with Crippen molar-refractivity contribution in [3.63, 3.8) is 0 Å². The molecule has 3 N–H and O–H groups in total. The van der Waals surface area contributed by atoms with Crippen LogP contribution in [0.3, 0.4) is 0 Å². The first-order valence-corrected chi connectivity index (χ1v) is 5.48. The van der Waals surface area contributed by atoms with E-state index in [4.69, 9.17) is 10.2 Å². The standard InChI is InChI=1S/C8H12IN3O3/c9-6-7(10-5-11-8(6)15)12(1-3-13)2-4-14/h5,13-14H,1-4H2,(H,10,11,15). The number of rotatable bonds is 5. The molecule has 6 nitrogen and oxygen atoms in total. The summed E-state index contributed by atoms with van der Waals surface area (Å²) in [7, 11) is 0. The van der Waals surface area contributed by atoms with Crippen LogP contribution in [0.15, 0.2) is 11.1 Å². The lowest BCUT2D eigenvalue weighted by Gasteiger charge is -2.21. The van der Waals surface area contributed by atoms with Crippen molar-refractivity contribution in [2.45, 2.75) is 0 Å². The van der Waals surface area contributed by atoms with Gasteiger partial charge in [-0.1, -0.05) is 0 Å². The molecular formula is C8H12IN3O3. The van der Waals surface area contributed by atoms with E-state index < -0.39 is 0 Å². The predicted molar refractivity (Wildman–Crippen MR) is 64.0 cm³/mol. The summed E-state index contributed by atoms with van der Waals surface area (Å²) in [5, 5.41) is 17.7. The molecule has 0 aromatic carbocycles. The molecule has 1 rings (SSSR count). The van der Waals surface area contributed by atoms with Crippen molar-refractivity contribution >= 4 is 28.4 Å². The summed E-state index contributed by atoms with van der Waals surface area (Å²) in [6.07, 6.45) is 1.31. The number of halogens is 1. The zero-order valence-corrected chi connectivity index (χ0v) is 10.1. The van der Waals surface area contributed by atoms with E-state index in [1.807, 2.05) is 22.6 Å². The Kier molecular flexibility index (Phi) is 4.99. The van der Waals surface area contributed by atoms with Gasteiger partial charge in [0.05, 0.1) is 19.5 Å². The molecule has 0 spiro atoms. The third kappa shape index (κ3) is 3.14. The summed E-state index contributed by atoms with van der Waals surface area (Å²) in [5.41, 5.74) is -0.221. The van der Waals surface area contributed by atoms with E-state index in [9.17, 15) is 4.79 Å². The molecule has 0 aliphatic heterocycles. The minimum absolute atomic E-state index is 0.0510. The summed E-state index contributed by atoms with van der Waals surface area (Å²) in [6, 6.07) is 0. The van der Waals surface area contributed by atoms with Gasteiger partial charge in [0, 0.05) is 13.1 Å². The number of hydrogen-bond acceptors (Lipinski definition) is 5. The van der Waals surface area contributed by atoms with Gasteiger partial charge in [-0.25, -0.2) is 4.98 Å². The van der Waals surface area contributed by atoms with Crippen molar-refractivity contribution < 1.29 is 10.2 Å². The Morgan fingerprint density at radius 3 is 2.53 bits per heavy atom. The first kappa shape index (κ1) is 12.4. The molecule has 0 radical (unpaired) electrons. The number of aromatic amines is 1. The molecule has 1 aromatic rings. The predicted octanol–water partition coefficient (Wildman–Crippen LogP) is -0.835. The average molecular weight is 325 g/mol. The van der Waals surface area contributed by atoms with Crippen LogP contribution in [0.5, 0.6) is 0 Å². The molecule has 7 heteroatoms. The molecule has 0 bridgehead atoms. The van der Waals surface area contributed by atoms with Crippen molar-refractivity contribution in [1.82, 2.24) is 9.97 Å². The van der Waals surface area contributed by atoms with Crippen LogP contribution in [-0.2, 0) is 0 Å². The van der Waals surface area contributed by atoms with Crippen LogP contribution in [0.2, 0.25) is 0 Å². The molecule has 84 valence electrons. The van der Waals surface area contributed by atoms with Gasteiger partial charge in [0.25, 0.3) is 5.56 Å². The molecule has 0 atom stereocenters. The Morgan fingerprint density at radius 1 is 1.40 bits per heavy atom. The third-order valence-electron chi connectivity index (χ3n) is 1.82. The largest absolute Gasteiger partial charge is 0.395 e. The number of H-pyrrole nitrogens is 1. The second kappa shape index (κ2) is 6.03. The van der Waals surface area contributed by atoms with E-state index >= 15 is 0 Å². The molecular weight excluding hydrogens is 313 g/mol. The van der Waals surface area contributed by atoms with Gasteiger partial charge in [0.1, 0.15) is 9.39 Å². The van der Waals surface area contributed by atoms with Crippen molar-refractivity contribution in [3.05, 3.63) is 20.3 Å². The number of hydrogen-bond donors (Lipinski definition) is 3. The normalized spacial score (nSPS) is 10.3. The smallest absolute Gasteiger partial charge is 0.266 e. The highest BCUT2D eigenvalue weighted by atomic mass is 127. The van der Waals surface area contributed by atoms with Crippen LogP contribution in [0, 0.1) is 3.57 Å². The summed E-state index contributed by atoms with van der Waals surface area (Å²) < 4.78 is 0.456. The van der Waals surface area contributed by atoms with Crippen LogP contribution < -0.4 is 10.5 Å². The summed E-state index contributed by atoms with van der Waals surface area (Å²) in [6.45, 7) is 0.579. The fourth-order valence-electron chi connectivity index (χ4n) is 1.16. The van der Waals surface area contributed by atoms with Gasteiger partial charge in [-0.3, -0.25) is 4.79 Å². The van der Waals surface area contributed by atoms with Gasteiger partial charge in [-0.05, 0) is 22.6 Å². The lowest BCUT2D eigenvalue weighted by Crippen LogP contribution is -2.32. The average Bonchev–Trinajstić information content (AvgIpc) is 2.22. The van der Waals surface area contributed by atoms with E-state index in [1.165, 1.54) is 6.33 Å². The van der Waals surface area contributed by atoms with E-state index in [0.29, 0.717) is 22.5 Å². The zero-order valence-electron chi connectivity index (χ0n) is 7.98. The lowest BCUT2D eigenvalue weighted by molar-refractivity contribution is 0.280. The first-order chi connectivity index (χ1) is 7.20. The van der Waals surface area contributed by atoms with Crippen LogP contribution in [0.1, 0.15) is 0 Å². The molecule has 0 saturated carbocycles. The Hall–Kier alpha value is -0.670. The van der Waals surface area contributed by atoms with Gasteiger partial charge in [-0.2, -0.15) is 0 Å². The van der Waals surface area contributed by atoms with Crippen molar-refractivity contribution in [2.24, 2.45) is 0 Å². The van der Waals surface area contributed by atoms with Crippen LogP contribution in [-0.4, -0.2) is 46.5 Å². The number of anilines is 1. The minimum atomic E-state index is -0.221. The second-order valence-electron chi connectivity index (χ2n) is 2.80. The lowest BCUT2D eigenvalue weighted by atomic mass is 10.4. The minimum Gasteiger partial charge on any atom is -0.395 e. The molecule has 0 amide bonds. The Labute approximate surface area is 100 Å². The van der Waals surface area contributed by atoms with Crippen LogP contribution >= 0.6 is 22.6 Å². The zero-order chi connectivity index (χ0) is 11.3. The number of nitrogens with zero attached hydrogens (tertiary/aromatic N) is 2. The Balaban J connectivity index is 2.99. The van der Waals surface area contributed by atoms with Gasteiger partial charge in [0.2, 0.25) is 0 Å². The molecule has 0 fully saturated rings. The molecule has 1 heterocycles. The number of aliphatic hydroxyl groups excluding tert-OH is 2. The van der Waals surface area contributed by atoms with Crippen molar-refractivity contribution in [3.8, 4) is 0 Å². The fourth-order valence-corrected chi connectivity index (χ4v) is 1.80. The first-order valence-electron chi connectivity index (χ1n) is 4.40. The van der Waals surface area contributed by atoms with Gasteiger partial charge < -0.3 is 20.1 Å². The van der Waals surface area contributed by atoms with Crippen molar-refractivity contribution in [1.29, 1.82) is 0 Å². The fraction of sp³-hybridized carbons (Fsp3) is 0.500. The molecule has 0 aliphatic carbocycles. The Bertz CT molecular complexity index is 362. The van der Waals surface area contributed by atoms with Crippen molar-refractivity contribution in [2.75, 3.05) is 31.2 Å². The van der Waals surface area contributed by atoms with E-state index in [2.05, 4.69) is 9.97 Å². The second-order valence-corrected chi connectivity index (χ2v) is 3.88. The van der Waals surface area contributed by atoms with Crippen LogP contribution in [0.25, 0.3) is 0 Å². The maximum absolute atomic E-state index is 11.3. The Morgan fingerprint density at radius 2 is 2.00 bits per heavy atom. The molecule has 15 heavy (non-hydrogen) atoms. The van der Waals surface area contributed by atoms with E-state index in [-0.39, 0.29) is 18.8 Å². The monoisotopic (exact) mass is 325 g/mol. The van der Waals surface area contributed by atoms with Gasteiger partial charge >= 0.3 is 0 Å². The molecule has 0 aliphatic rings. The highest BCUT2D eigenvalue weighted by Gasteiger charge is 2.12. The van der Waals surface area contributed by atoms with Gasteiger partial charge in [-0.15, -0.1) is 0 Å². The summed E-state index contributed by atoms with van der Waals surface area (Å²) >= 11 is 1.89. The van der Waals surface area contributed by atoms with E-state index in [1.54, 1.807) is 4.90 Å². The van der Waals surface area contributed by atoms with Crippen LogP contribution in [0.4, 0.5) is 5.82 Å². The molecule has 0 saturated heterocycles. The molecule has 1 aromatic heterocycles. The van der Waals surface area contributed by atoms with E-state index in [0.717, 1.165) is 0 Å². The number of aromatic nitrogens is 2. The third-order valence-corrected chi connectivity index (χ3v) is 2.79. The maximum Gasteiger partial charge on any atom is 0.266 e. The SMILES string of the molecule is O=c1[nH]cnc(N(CCO)CCO)c1I. The topological polar surface area (TPSA) is 89.5 Å². The number of aliphatic hydroxyl groups is 2.